The Kier molecular flexibility index (Phi) is 7.98. The largest absolute Gasteiger partial charge is 0.350 e. The molecule has 0 aromatic heterocycles. The predicted molar refractivity (Wildman–Crippen MR) is 178 cm³/mol. The fraction of sp³-hybridized carbons (Fsp3) is 0.921. The molecule has 0 aromatic rings. The van der Waals surface area contributed by atoms with Crippen LogP contribution >= 0.6 is 0 Å². The molecule has 0 radical (unpaired) electrons. The summed E-state index contributed by atoms with van der Waals surface area (Å²) in [7, 11) is 4.18. The van der Waals surface area contributed by atoms with Gasteiger partial charge in [0.05, 0.1) is 12.7 Å². The van der Waals surface area contributed by atoms with Gasteiger partial charge >= 0.3 is 6.03 Å². The summed E-state index contributed by atoms with van der Waals surface area (Å²) >= 11 is 0. The molecule has 5 fully saturated rings. The Labute approximate surface area is 269 Å². The van der Waals surface area contributed by atoms with E-state index in [9.17, 15) is 4.79 Å². The van der Waals surface area contributed by atoms with E-state index in [2.05, 4.69) is 91.1 Å². The number of carbonyl (C=O) groups excluding carboxylic acids is 1. The molecule has 9 atom stereocenters. The molecule has 6 heteroatoms. The van der Waals surface area contributed by atoms with E-state index in [0.29, 0.717) is 29.3 Å². The van der Waals surface area contributed by atoms with Gasteiger partial charge in [0.25, 0.3) is 0 Å². The average molecular weight is 612 g/mol. The van der Waals surface area contributed by atoms with Crippen molar-refractivity contribution in [3.05, 3.63) is 11.6 Å². The van der Waals surface area contributed by atoms with Gasteiger partial charge in [-0.3, -0.25) is 0 Å². The summed E-state index contributed by atoms with van der Waals surface area (Å²) in [6.07, 6.45) is 15.8. The van der Waals surface area contributed by atoms with Gasteiger partial charge in [0.15, 0.2) is 5.79 Å². The van der Waals surface area contributed by atoms with Crippen molar-refractivity contribution in [2.45, 2.75) is 143 Å². The standard InChI is InChI=1S/C38H65N3O3/c1-32(2)18-20-38(40-31(42)39-22-11-23-41(9)10)21-19-36(7)26(27(38)24-32)12-13-29-34(5)16-15-30-35(6,25-43-33(3,4)44-30)28(34)14-17-37(29,36)8/h12,27-30H,11,13-25H2,1-10H3,(H2,39,40,42)/t27-,28+,29+,30-,34-,35-,36+,37+,38-/m0/s1. The van der Waals surface area contributed by atoms with E-state index in [0.717, 1.165) is 45.4 Å². The summed E-state index contributed by atoms with van der Waals surface area (Å²) < 4.78 is 13.0. The second-order valence-electron chi connectivity index (χ2n) is 18.7. The first-order valence-corrected chi connectivity index (χ1v) is 18.1. The Morgan fingerprint density at radius 2 is 1.64 bits per heavy atom. The monoisotopic (exact) mass is 612 g/mol. The molecule has 6 aliphatic rings. The molecule has 6 nitrogen and oxygen atoms in total. The number of hydrogen-bond acceptors (Lipinski definition) is 4. The molecule has 0 bridgehead atoms. The molecule has 0 aromatic carbocycles. The molecule has 250 valence electrons. The highest BCUT2D eigenvalue weighted by atomic mass is 16.7. The lowest BCUT2D eigenvalue weighted by Gasteiger charge is -2.72. The second-order valence-corrected chi connectivity index (χ2v) is 18.7. The van der Waals surface area contributed by atoms with Crippen LogP contribution in [0.2, 0.25) is 0 Å². The van der Waals surface area contributed by atoms with Gasteiger partial charge in [-0.05, 0) is 139 Å². The fourth-order valence-corrected chi connectivity index (χ4v) is 12.2. The maximum absolute atomic E-state index is 13.4. The molecule has 2 amide bonds. The second kappa shape index (κ2) is 10.7. The number of carbonyl (C=O) groups is 1. The Morgan fingerprint density at radius 1 is 0.909 bits per heavy atom. The SMILES string of the molecule is CN(C)CCCNC(=O)N[C@]12CCC(C)(C)C[C@H]1C1=CC[C@@H]3[C@@]4(C)CC[C@@H]5OC(C)(C)OC[C@@]5(C)[C@@H]4CC[C@@]3(C)[C@]1(C)CC2. The van der Waals surface area contributed by atoms with Crippen molar-refractivity contribution in [1.29, 1.82) is 0 Å². The number of nitrogens with one attached hydrogen (secondary N) is 2. The van der Waals surface area contributed by atoms with Gasteiger partial charge < -0.3 is 25.0 Å². The molecule has 1 heterocycles. The molecule has 1 aliphatic heterocycles. The fourth-order valence-electron chi connectivity index (χ4n) is 12.2. The van der Waals surface area contributed by atoms with E-state index in [1.54, 1.807) is 5.57 Å². The number of nitrogens with zero attached hydrogens (tertiary/aromatic N) is 1. The molecular weight excluding hydrogens is 546 g/mol. The maximum Gasteiger partial charge on any atom is 0.315 e. The van der Waals surface area contributed by atoms with E-state index in [-0.39, 0.29) is 33.2 Å². The van der Waals surface area contributed by atoms with Gasteiger partial charge in [0.2, 0.25) is 0 Å². The molecule has 0 unspecified atom stereocenters. The van der Waals surface area contributed by atoms with E-state index in [1.165, 1.54) is 44.9 Å². The minimum absolute atomic E-state index is 0.0377. The summed E-state index contributed by atoms with van der Waals surface area (Å²) in [4.78, 5) is 15.6. The quantitative estimate of drug-likeness (QED) is 0.245. The first kappa shape index (κ1) is 32.8. The zero-order valence-corrected chi connectivity index (χ0v) is 30.0. The topological polar surface area (TPSA) is 62.8 Å². The number of ether oxygens (including phenoxy) is 2. The van der Waals surface area contributed by atoms with Gasteiger partial charge in [-0.15, -0.1) is 0 Å². The van der Waals surface area contributed by atoms with Crippen molar-refractivity contribution in [1.82, 2.24) is 15.5 Å². The van der Waals surface area contributed by atoms with Crippen molar-refractivity contribution >= 4 is 6.03 Å². The molecule has 5 aliphatic carbocycles. The smallest absolute Gasteiger partial charge is 0.315 e. The van der Waals surface area contributed by atoms with Crippen molar-refractivity contribution < 1.29 is 14.3 Å². The van der Waals surface area contributed by atoms with Crippen molar-refractivity contribution in [2.75, 3.05) is 33.8 Å². The first-order chi connectivity index (χ1) is 20.4. The Balaban J connectivity index is 1.29. The van der Waals surface area contributed by atoms with Crippen LogP contribution in [0.4, 0.5) is 4.79 Å². The van der Waals surface area contributed by atoms with Gasteiger partial charge in [-0.1, -0.05) is 53.2 Å². The molecule has 0 spiro atoms. The number of rotatable bonds is 5. The average Bonchev–Trinajstić information content (AvgIpc) is 2.92. The van der Waals surface area contributed by atoms with Crippen LogP contribution < -0.4 is 10.6 Å². The minimum atomic E-state index is -0.476. The molecule has 4 saturated carbocycles. The van der Waals surface area contributed by atoms with Crippen LogP contribution in [-0.2, 0) is 9.47 Å². The molecular formula is C38H65N3O3. The van der Waals surface area contributed by atoms with Gasteiger partial charge in [0.1, 0.15) is 0 Å². The lowest BCUT2D eigenvalue weighted by molar-refractivity contribution is -0.351. The Bertz CT molecular complexity index is 1160. The number of allylic oxidation sites excluding steroid dienone is 1. The zero-order valence-electron chi connectivity index (χ0n) is 30.0. The number of amides is 2. The lowest BCUT2D eigenvalue weighted by Crippen LogP contribution is -2.69. The molecule has 2 N–H and O–H groups in total. The lowest BCUT2D eigenvalue weighted by atomic mass is 9.34. The predicted octanol–water partition coefficient (Wildman–Crippen LogP) is 7.92. The maximum atomic E-state index is 13.4. The number of urea groups is 1. The van der Waals surface area contributed by atoms with E-state index >= 15 is 0 Å². The number of hydrogen-bond donors (Lipinski definition) is 2. The van der Waals surface area contributed by atoms with Crippen LogP contribution in [0.1, 0.15) is 126 Å². The molecule has 6 rings (SSSR count). The van der Waals surface area contributed by atoms with Crippen molar-refractivity contribution in [3.8, 4) is 0 Å². The van der Waals surface area contributed by atoms with Gasteiger partial charge in [-0.2, -0.15) is 0 Å². The van der Waals surface area contributed by atoms with Crippen LogP contribution in [-0.4, -0.2) is 62.2 Å². The normalized spacial score (nSPS) is 47.2. The molecule has 44 heavy (non-hydrogen) atoms. The summed E-state index contributed by atoms with van der Waals surface area (Å²) in [6.45, 7) is 22.1. The van der Waals surface area contributed by atoms with Crippen LogP contribution in [0, 0.1) is 44.8 Å². The van der Waals surface area contributed by atoms with E-state index in [1.807, 2.05) is 0 Å². The Morgan fingerprint density at radius 3 is 2.36 bits per heavy atom. The van der Waals surface area contributed by atoms with Crippen LogP contribution in [0.15, 0.2) is 11.6 Å². The third-order valence-electron chi connectivity index (χ3n) is 15.0. The summed E-state index contributed by atoms with van der Waals surface area (Å²) in [5.41, 5.74) is 2.62. The van der Waals surface area contributed by atoms with E-state index < -0.39 is 5.79 Å². The van der Waals surface area contributed by atoms with Crippen LogP contribution in [0.5, 0.6) is 0 Å². The highest BCUT2D eigenvalue weighted by Crippen LogP contribution is 2.75. The van der Waals surface area contributed by atoms with E-state index in [4.69, 9.17) is 9.47 Å². The van der Waals surface area contributed by atoms with Crippen molar-refractivity contribution in [3.63, 3.8) is 0 Å². The first-order valence-electron chi connectivity index (χ1n) is 18.1. The third kappa shape index (κ3) is 5.02. The highest BCUT2D eigenvalue weighted by molar-refractivity contribution is 5.75. The Hall–Kier alpha value is -1.11. The zero-order chi connectivity index (χ0) is 32.0. The minimum Gasteiger partial charge on any atom is -0.350 e. The third-order valence-corrected chi connectivity index (χ3v) is 15.0. The molecule has 1 saturated heterocycles. The summed E-state index contributed by atoms with van der Waals surface area (Å²) in [5, 5.41) is 6.88. The van der Waals surface area contributed by atoms with Gasteiger partial charge in [-0.25, -0.2) is 4.79 Å². The van der Waals surface area contributed by atoms with Crippen molar-refractivity contribution in [2.24, 2.45) is 44.8 Å². The highest BCUT2D eigenvalue weighted by Gasteiger charge is 2.70. The summed E-state index contributed by atoms with van der Waals surface area (Å²) in [5.74, 6) is 1.22. The van der Waals surface area contributed by atoms with Gasteiger partial charge in [0, 0.05) is 23.4 Å². The van der Waals surface area contributed by atoms with Crippen LogP contribution in [0.25, 0.3) is 0 Å². The number of fused-ring (bicyclic) bond motifs is 9. The van der Waals surface area contributed by atoms with Crippen LogP contribution in [0.3, 0.4) is 0 Å². The summed E-state index contributed by atoms with van der Waals surface area (Å²) in [6, 6.07) is 0.0377.